The highest BCUT2D eigenvalue weighted by Gasteiger charge is 2.36. The Morgan fingerprint density at radius 3 is 2.42 bits per heavy atom. The predicted molar refractivity (Wildman–Crippen MR) is 102 cm³/mol. The minimum atomic E-state index is -3.60. The number of carbonyl (C=O) groups is 1. The molecule has 2 saturated heterocycles. The van der Waals surface area contributed by atoms with E-state index in [9.17, 15) is 13.2 Å². The first-order valence-electron chi connectivity index (χ1n) is 9.48. The third-order valence-electron chi connectivity index (χ3n) is 5.38. The molecule has 0 bridgehead atoms. The summed E-state index contributed by atoms with van der Waals surface area (Å²) < 4.78 is 28.8. The van der Waals surface area contributed by atoms with Crippen molar-refractivity contribution >= 4 is 16.1 Å². The molecule has 1 aromatic carbocycles. The lowest BCUT2D eigenvalue weighted by atomic mass is 10.0. The zero-order chi connectivity index (χ0) is 18.7. The SMILES string of the molecule is Cc1ccc(CN2CCCN(CC(=O)N3CCCC[C@H]3C)S2(=O)=O)cc1. The maximum absolute atomic E-state index is 13.0. The van der Waals surface area contributed by atoms with Gasteiger partial charge in [0.2, 0.25) is 5.91 Å². The van der Waals surface area contributed by atoms with Crippen molar-refractivity contribution in [3.63, 3.8) is 0 Å². The molecule has 1 aromatic rings. The monoisotopic (exact) mass is 379 g/mol. The van der Waals surface area contributed by atoms with Gasteiger partial charge in [-0.15, -0.1) is 0 Å². The van der Waals surface area contributed by atoms with E-state index in [-0.39, 0.29) is 18.5 Å². The van der Waals surface area contributed by atoms with Crippen LogP contribution in [-0.2, 0) is 21.5 Å². The van der Waals surface area contributed by atoms with Gasteiger partial charge in [-0.25, -0.2) is 0 Å². The number of hydrogen-bond acceptors (Lipinski definition) is 3. The van der Waals surface area contributed by atoms with Gasteiger partial charge < -0.3 is 4.90 Å². The first-order chi connectivity index (χ1) is 12.4. The van der Waals surface area contributed by atoms with Crippen LogP contribution in [0.15, 0.2) is 24.3 Å². The number of carbonyl (C=O) groups excluding carboxylic acids is 1. The molecule has 0 unspecified atom stereocenters. The van der Waals surface area contributed by atoms with E-state index in [1.807, 2.05) is 43.0 Å². The molecule has 0 N–H and O–H groups in total. The Morgan fingerprint density at radius 1 is 1.04 bits per heavy atom. The van der Waals surface area contributed by atoms with Crippen LogP contribution in [0.4, 0.5) is 0 Å². The van der Waals surface area contributed by atoms with E-state index in [2.05, 4.69) is 0 Å². The number of hydrogen-bond donors (Lipinski definition) is 0. The summed E-state index contributed by atoms with van der Waals surface area (Å²) in [5, 5.41) is 0. The molecule has 1 amide bonds. The van der Waals surface area contributed by atoms with Crippen molar-refractivity contribution < 1.29 is 13.2 Å². The quantitative estimate of drug-likeness (QED) is 0.805. The van der Waals surface area contributed by atoms with E-state index in [1.165, 1.54) is 8.61 Å². The number of likely N-dealkylation sites (tertiary alicyclic amines) is 1. The molecule has 7 heteroatoms. The Bertz CT molecular complexity index is 733. The summed E-state index contributed by atoms with van der Waals surface area (Å²) >= 11 is 0. The van der Waals surface area contributed by atoms with Gasteiger partial charge in [0, 0.05) is 32.2 Å². The Balaban J connectivity index is 1.68. The fraction of sp³-hybridized carbons (Fsp3) is 0.632. The van der Waals surface area contributed by atoms with Crippen molar-refractivity contribution in [3.05, 3.63) is 35.4 Å². The van der Waals surface area contributed by atoms with Gasteiger partial charge >= 0.3 is 0 Å². The van der Waals surface area contributed by atoms with Gasteiger partial charge in [0.15, 0.2) is 0 Å². The first-order valence-corrected chi connectivity index (χ1v) is 10.9. The van der Waals surface area contributed by atoms with E-state index in [0.29, 0.717) is 19.6 Å². The van der Waals surface area contributed by atoms with Crippen LogP contribution in [0.2, 0.25) is 0 Å². The summed E-state index contributed by atoms with van der Waals surface area (Å²) in [5.41, 5.74) is 2.12. The number of amides is 1. The van der Waals surface area contributed by atoms with Crippen molar-refractivity contribution in [2.24, 2.45) is 0 Å². The Morgan fingerprint density at radius 2 is 1.73 bits per heavy atom. The predicted octanol–water partition coefficient (Wildman–Crippen LogP) is 2.15. The molecule has 0 radical (unpaired) electrons. The van der Waals surface area contributed by atoms with Crippen LogP contribution in [0.25, 0.3) is 0 Å². The Labute approximate surface area is 157 Å². The fourth-order valence-corrected chi connectivity index (χ4v) is 5.38. The number of aryl methyl sites for hydroxylation is 1. The van der Waals surface area contributed by atoms with Crippen molar-refractivity contribution in [3.8, 4) is 0 Å². The lowest BCUT2D eigenvalue weighted by Crippen LogP contribution is -2.54. The van der Waals surface area contributed by atoms with Crippen LogP contribution in [0, 0.1) is 6.92 Å². The number of benzene rings is 1. The molecule has 0 saturated carbocycles. The van der Waals surface area contributed by atoms with Crippen LogP contribution < -0.4 is 0 Å². The molecule has 2 aliphatic heterocycles. The van der Waals surface area contributed by atoms with E-state index in [1.54, 1.807) is 0 Å². The first kappa shape index (κ1) is 19.3. The van der Waals surface area contributed by atoms with Crippen LogP contribution in [0.5, 0.6) is 0 Å². The van der Waals surface area contributed by atoms with Crippen molar-refractivity contribution in [1.82, 2.24) is 13.5 Å². The van der Waals surface area contributed by atoms with E-state index in [4.69, 9.17) is 0 Å². The topological polar surface area (TPSA) is 60.9 Å². The highest BCUT2D eigenvalue weighted by atomic mass is 32.2. The molecule has 2 fully saturated rings. The summed E-state index contributed by atoms with van der Waals surface area (Å²) in [5.74, 6) is -0.0713. The standard InChI is InChI=1S/C19H29N3O3S/c1-16-7-9-18(10-8-16)14-20-11-5-12-21(26(20,24)25)15-19(23)22-13-4-3-6-17(22)2/h7-10,17H,3-6,11-15H2,1-2H3/t17-/m1/s1. The van der Waals surface area contributed by atoms with Crippen LogP contribution in [0.1, 0.15) is 43.7 Å². The average Bonchev–Trinajstić information content (AvgIpc) is 2.60. The number of nitrogens with zero attached hydrogens (tertiary/aromatic N) is 3. The minimum Gasteiger partial charge on any atom is -0.339 e. The highest BCUT2D eigenvalue weighted by Crippen LogP contribution is 2.21. The maximum Gasteiger partial charge on any atom is 0.282 e. The summed E-state index contributed by atoms with van der Waals surface area (Å²) in [6, 6.07) is 8.11. The van der Waals surface area contributed by atoms with Crippen LogP contribution in [0.3, 0.4) is 0 Å². The van der Waals surface area contributed by atoms with E-state index < -0.39 is 10.2 Å². The number of rotatable bonds is 4. The molecule has 3 rings (SSSR count). The summed E-state index contributed by atoms with van der Waals surface area (Å²) in [6.07, 6.45) is 3.88. The maximum atomic E-state index is 13.0. The lowest BCUT2D eigenvalue weighted by molar-refractivity contribution is -0.134. The van der Waals surface area contributed by atoms with Gasteiger partial charge in [0.25, 0.3) is 10.2 Å². The minimum absolute atomic E-state index is 0.0446. The third-order valence-corrected chi connectivity index (χ3v) is 7.31. The number of piperidine rings is 1. The van der Waals surface area contributed by atoms with Crippen LogP contribution in [-0.4, -0.2) is 60.1 Å². The zero-order valence-electron chi connectivity index (χ0n) is 15.7. The van der Waals surface area contributed by atoms with Gasteiger partial charge in [0.1, 0.15) is 0 Å². The van der Waals surface area contributed by atoms with E-state index in [0.717, 1.165) is 43.4 Å². The summed E-state index contributed by atoms with van der Waals surface area (Å²) in [4.78, 5) is 14.5. The Hall–Kier alpha value is -1.44. The van der Waals surface area contributed by atoms with Crippen molar-refractivity contribution in [2.75, 3.05) is 26.2 Å². The normalized spacial score (nSPS) is 24.5. The Kier molecular flexibility index (Phi) is 5.99. The lowest BCUT2D eigenvalue weighted by Gasteiger charge is -2.38. The van der Waals surface area contributed by atoms with Gasteiger partial charge in [-0.2, -0.15) is 17.0 Å². The second-order valence-electron chi connectivity index (χ2n) is 7.45. The molecule has 0 spiro atoms. The van der Waals surface area contributed by atoms with Gasteiger partial charge in [-0.3, -0.25) is 4.79 Å². The van der Waals surface area contributed by atoms with E-state index >= 15 is 0 Å². The molecular weight excluding hydrogens is 350 g/mol. The molecule has 1 atom stereocenters. The molecule has 2 aliphatic rings. The van der Waals surface area contributed by atoms with Gasteiger partial charge in [0.05, 0.1) is 6.54 Å². The second kappa shape index (κ2) is 8.06. The van der Waals surface area contributed by atoms with Crippen molar-refractivity contribution in [1.29, 1.82) is 0 Å². The molecule has 6 nitrogen and oxygen atoms in total. The zero-order valence-corrected chi connectivity index (χ0v) is 16.5. The fourth-order valence-electron chi connectivity index (χ4n) is 3.75. The molecule has 26 heavy (non-hydrogen) atoms. The second-order valence-corrected chi connectivity index (χ2v) is 9.37. The summed E-state index contributed by atoms with van der Waals surface area (Å²) in [7, 11) is -3.60. The van der Waals surface area contributed by atoms with Crippen LogP contribution >= 0.6 is 0 Å². The highest BCUT2D eigenvalue weighted by molar-refractivity contribution is 7.86. The molecule has 144 valence electrons. The smallest absolute Gasteiger partial charge is 0.282 e. The molecular formula is C19H29N3O3S. The van der Waals surface area contributed by atoms with Gasteiger partial charge in [-0.1, -0.05) is 29.8 Å². The largest absolute Gasteiger partial charge is 0.339 e. The summed E-state index contributed by atoms with van der Waals surface area (Å²) in [6.45, 7) is 6.02. The van der Waals surface area contributed by atoms with Gasteiger partial charge in [-0.05, 0) is 45.1 Å². The third kappa shape index (κ3) is 4.27. The molecule has 0 aromatic heterocycles. The average molecular weight is 380 g/mol. The van der Waals surface area contributed by atoms with Crippen molar-refractivity contribution in [2.45, 2.75) is 52.1 Å². The molecule has 2 heterocycles. The molecule has 0 aliphatic carbocycles.